The van der Waals surface area contributed by atoms with E-state index in [-0.39, 0.29) is 53.8 Å². The van der Waals surface area contributed by atoms with Gasteiger partial charge in [-0.15, -0.1) is 26.3 Å². The van der Waals surface area contributed by atoms with Crippen LogP contribution in [0.25, 0.3) is 16.6 Å². The molecule has 1 aromatic heterocycles. The fourth-order valence-electron chi connectivity index (χ4n) is 10.8. The van der Waals surface area contributed by atoms with Gasteiger partial charge in [0.2, 0.25) is 0 Å². The van der Waals surface area contributed by atoms with Crippen molar-refractivity contribution in [1.82, 2.24) is 25.8 Å². The van der Waals surface area contributed by atoms with Gasteiger partial charge in [-0.05, 0) is 117 Å². The number of methoxy groups -OCH3 is 1. The minimum Gasteiger partial charge on any atom is -0.467 e. The number of aromatic nitrogens is 1. The molecule has 0 unspecified atom stereocenters. The summed E-state index contributed by atoms with van der Waals surface area (Å²) in [5.74, 6) is -10.1. The monoisotopic (exact) mass is 1440 g/mol. The fourth-order valence-corrected chi connectivity index (χ4v) is 10.8. The van der Waals surface area contributed by atoms with Gasteiger partial charge in [-0.25, -0.2) is 22.8 Å². The number of hydrogen-bond donors (Lipinski definition) is 4. The average molecular weight is 1440 g/mol. The molecule has 9 aromatic rings. The third-order valence-corrected chi connectivity index (χ3v) is 15.4. The molecule has 0 saturated carbocycles. The van der Waals surface area contributed by atoms with E-state index in [1.54, 1.807) is 61.6 Å². The van der Waals surface area contributed by atoms with Gasteiger partial charge in [0.05, 0.1) is 29.3 Å². The molecular weight excluding hydrogens is 1380 g/mol. The molecule has 0 aliphatic rings. The first-order chi connectivity index (χ1) is 47.2. The Labute approximate surface area is 561 Å². The third-order valence-electron chi connectivity index (χ3n) is 15.4. The number of fused-ring (bicyclic) bond motifs is 1. The minimum absolute atomic E-state index is 0.0143. The lowest BCUT2D eigenvalue weighted by Crippen LogP contribution is -2.55. The van der Waals surface area contributed by atoms with Gasteiger partial charge in [0.15, 0.2) is 0 Å². The van der Waals surface area contributed by atoms with Crippen molar-refractivity contribution < 1.29 is 117 Å². The van der Waals surface area contributed by atoms with Crippen LogP contribution in [0.3, 0.4) is 0 Å². The van der Waals surface area contributed by atoms with Crippen molar-refractivity contribution in [2.45, 2.75) is 74.0 Å². The number of H-pyrrole nitrogens is 1. The molecule has 0 fully saturated rings. The number of carbonyl (C=O) groups excluding carboxylic acids is 3. The van der Waals surface area contributed by atoms with E-state index in [1.807, 2.05) is 18.2 Å². The van der Waals surface area contributed by atoms with E-state index in [9.17, 15) is 93.4 Å². The van der Waals surface area contributed by atoms with E-state index in [4.69, 9.17) is 4.74 Å². The molecule has 534 valence electrons. The standard InChI is InChI=1S/C35H25F13N2O2.C35H29F6N3O5/c1-18(50(2)3)20-6-4-19(5-7-20)17-32(22-9-11-29(38)27(15-22)34(44,45)46,23-13-24(36)16-25(14-23)52-35(47,48)31(39)40)49-30(51)21-8-10-28(37)26(12-21)33(41,42)43;1-47-31(45)30(17-23-21-42-29-16-6-5-15-28(23)29)43-32(46)44-33(20-22-9-3-2-4-10-22,24-11-7-13-26(18-24)48-34(36,37)38)25-12-8-14-27(19-25)49-35(39,40)41/h4-16,31H,1,17H2,2-3H3,(H,49,51);2-16,18-19,21,30,42H,17,20H2,1H3,(H2,43,44,46)/t32-;30-/m11/s1. The summed E-state index contributed by atoms with van der Waals surface area (Å²) in [5.41, 5.74) is -7.67. The van der Waals surface area contributed by atoms with Crippen LogP contribution in [0.5, 0.6) is 17.2 Å². The van der Waals surface area contributed by atoms with Gasteiger partial charge in [-0.1, -0.05) is 110 Å². The van der Waals surface area contributed by atoms with Crippen molar-refractivity contribution in [3.63, 3.8) is 0 Å². The number of halogens is 19. The zero-order valence-corrected chi connectivity index (χ0v) is 52.4. The van der Waals surface area contributed by atoms with Crippen molar-refractivity contribution >= 4 is 34.5 Å². The molecule has 101 heavy (non-hydrogen) atoms. The van der Waals surface area contributed by atoms with Crippen LogP contribution in [0.15, 0.2) is 195 Å². The van der Waals surface area contributed by atoms with E-state index < -0.39 is 142 Å². The van der Waals surface area contributed by atoms with Crippen molar-refractivity contribution in [3.8, 4) is 17.2 Å². The lowest BCUT2D eigenvalue weighted by molar-refractivity contribution is -0.275. The fraction of sp³-hybridized carbons (Fsp3) is 0.214. The maximum Gasteiger partial charge on any atom is 0.573 e. The van der Waals surface area contributed by atoms with Gasteiger partial charge in [0, 0.05) is 67.8 Å². The Morgan fingerprint density at radius 2 is 1.03 bits per heavy atom. The Bertz CT molecular complexity index is 4370. The highest BCUT2D eigenvalue weighted by Crippen LogP contribution is 2.43. The first kappa shape index (κ1) is 75.9. The maximum atomic E-state index is 15.2. The molecule has 0 spiro atoms. The molecule has 4 N–H and O–H groups in total. The molecule has 0 aliphatic heterocycles. The molecule has 12 nitrogen and oxygen atoms in total. The van der Waals surface area contributed by atoms with Crippen LogP contribution in [0.2, 0.25) is 0 Å². The lowest BCUT2D eigenvalue weighted by atomic mass is 9.76. The van der Waals surface area contributed by atoms with Crippen molar-refractivity contribution in [1.29, 1.82) is 0 Å². The molecule has 0 radical (unpaired) electrons. The average Bonchev–Trinajstić information content (AvgIpc) is 1.63. The molecule has 2 atom stereocenters. The predicted molar refractivity (Wildman–Crippen MR) is 329 cm³/mol. The summed E-state index contributed by atoms with van der Waals surface area (Å²) < 4.78 is 278. The molecule has 9 rings (SSSR count). The number of nitrogens with zero attached hydrogens (tertiary/aromatic N) is 1. The van der Waals surface area contributed by atoms with Crippen LogP contribution < -0.4 is 30.2 Å². The number of hydrogen-bond acceptors (Lipinski definition) is 8. The van der Waals surface area contributed by atoms with Crippen LogP contribution >= 0.6 is 0 Å². The number of alkyl halides is 16. The maximum absolute atomic E-state index is 15.2. The normalized spacial score (nSPS) is 13.1. The Kier molecular flexibility index (Phi) is 22.8. The van der Waals surface area contributed by atoms with E-state index >= 15 is 4.39 Å². The minimum atomic E-state index is -5.40. The molecule has 0 saturated heterocycles. The number of nitrogens with one attached hydrogen (secondary N) is 4. The van der Waals surface area contributed by atoms with Crippen LogP contribution in [-0.2, 0) is 52.2 Å². The Morgan fingerprint density at radius 3 is 1.57 bits per heavy atom. The SMILES string of the molecule is C=C(c1ccc(C[C@](NC(=O)c2ccc(F)c(C(F)(F)F)c2)(c2cc(F)cc(OC(F)(F)C(F)F)c2)c2ccc(F)c(C(F)(F)F)c2)cc1)N(C)C.COC(=O)[C@@H](Cc1c[nH]c2ccccc12)NC(=O)NC(Cc1ccccc1)(c1cccc(OC(F)(F)F)c1)c1cccc(OC(F)(F)F)c1. The molecule has 0 aliphatic carbocycles. The van der Waals surface area contributed by atoms with Crippen LogP contribution in [0.1, 0.15) is 66.0 Å². The predicted octanol–water partition coefficient (Wildman–Crippen LogP) is 17.4. The van der Waals surface area contributed by atoms with Crippen LogP contribution in [-0.4, -0.2) is 80.3 Å². The highest BCUT2D eigenvalue weighted by molar-refractivity contribution is 5.95. The van der Waals surface area contributed by atoms with Gasteiger partial charge in [0.25, 0.3) is 5.91 Å². The van der Waals surface area contributed by atoms with Crippen molar-refractivity contribution in [3.05, 3.63) is 273 Å². The van der Waals surface area contributed by atoms with Gasteiger partial charge >= 0.3 is 49.6 Å². The molecular formula is C70H54F19N5O7. The highest BCUT2D eigenvalue weighted by Gasteiger charge is 2.47. The summed E-state index contributed by atoms with van der Waals surface area (Å²) in [4.78, 5) is 45.4. The Hall–Kier alpha value is -10.9. The van der Waals surface area contributed by atoms with Gasteiger partial charge in [-0.2, -0.15) is 43.9 Å². The first-order valence-corrected chi connectivity index (χ1v) is 29.3. The van der Waals surface area contributed by atoms with Crippen LogP contribution in [0.4, 0.5) is 88.2 Å². The smallest absolute Gasteiger partial charge is 0.467 e. The molecule has 1 heterocycles. The van der Waals surface area contributed by atoms with Gasteiger partial charge in [-0.3, -0.25) is 4.79 Å². The van der Waals surface area contributed by atoms with E-state index in [0.29, 0.717) is 52.7 Å². The summed E-state index contributed by atoms with van der Waals surface area (Å²) in [6.07, 6.45) is -29.8. The van der Waals surface area contributed by atoms with E-state index in [0.717, 1.165) is 42.3 Å². The topological polar surface area (TPSA) is 143 Å². The molecule has 0 bridgehead atoms. The summed E-state index contributed by atoms with van der Waals surface area (Å²) in [5, 5.41) is 8.38. The number of benzene rings is 8. The second-order valence-electron chi connectivity index (χ2n) is 22.6. The summed E-state index contributed by atoms with van der Waals surface area (Å²) in [6, 6.07) is 31.9. The van der Waals surface area contributed by atoms with Gasteiger partial charge < -0.3 is 44.8 Å². The first-order valence-electron chi connectivity index (χ1n) is 29.3. The number of amides is 3. The number of esters is 1. The number of ether oxygens (including phenoxy) is 4. The number of carbonyl (C=O) groups is 3. The second-order valence-corrected chi connectivity index (χ2v) is 22.6. The quantitative estimate of drug-likeness (QED) is 0.0388. The van der Waals surface area contributed by atoms with Gasteiger partial charge in [0.1, 0.15) is 40.7 Å². The summed E-state index contributed by atoms with van der Waals surface area (Å²) >= 11 is 0. The van der Waals surface area contributed by atoms with E-state index in [2.05, 4.69) is 41.7 Å². The number of aromatic amines is 1. The lowest BCUT2D eigenvalue weighted by Gasteiger charge is -2.37. The van der Waals surface area contributed by atoms with Crippen molar-refractivity contribution in [2.24, 2.45) is 0 Å². The zero-order chi connectivity index (χ0) is 74.2. The molecule has 31 heteroatoms. The number of rotatable bonds is 22. The molecule has 3 amide bonds. The summed E-state index contributed by atoms with van der Waals surface area (Å²) in [6.45, 7) is 3.88. The largest absolute Gasteiger partial charge is 0.573 e. The van der Waals surface area contributed by atoms with Crippen LogP contribution in [0, 0.1) is 17.5 Å². The Morgan fingerprint density at radius 1 is 0.525 bits per heavy atom. The highest BCUT2D eigenvalue weighted by atomic mass is 19.4. The summed E-state index contributed by atoms with van der Waals surface area (Å²) in [7, 11) is 4.46. The zero-order valence-electron chi connectivity index (χ0n) is 52.4. The third kappa shape index (κ3) is 19.1. The van der Waals surface area contributed by atoms with Crippen molar-refractivity contribution in [2.75, 3.05) is 21.2 Å². The number of urea groups is 1. The number of para-hydroxylation sites is 1. The van der Waals surface area contributed by atoms with E-state index in [1.165, 1.54) is 48.5 Å². The Balaban J connectivity index is 0.000000257. The molecule has 8 aromatic carbocycles. The second kappa shape index (κ2) is 30.3.